The molecule has 1 saturated heterocycles. The average molecular weight is 551 g/mol. The fourth-order valence-electron chi connectivity index (χ4n) is 10.1. The zero-order valence-electron chi connectivity index (χ0n) is 25.7. The second kappa shape index (κ2) is 10.1. The Labute approximate surface area is 233 Å². The fourth-order valence-corrected chi connectivity index (χ4v) is 11.5. The van der Waals surface area contributed by atoms with Crippen molar-refractivity contribution < 1.29 is 24.1 Å². The lowest BCUT2D eigenvalue weighted by Gasteiger charge is -2.65. The van der Waals surface area contributed by atoms with Gasteiger partial charge in [0.1, 0.15) is 0 Å². The van der Waals surface area contributed by atoms with Crippen molar-refractivity contribution in [2.75, 3.05) is 19.8 Å². The van der Waals surface area contributed by atoms with E-state index in [1.54, 1.807) is 0 Å². The van der Waals surface area contributed by atoms with E-state index in [1.165, 1.54) is 12.8 Å². The Morgan fingerprint density at radius 2 is 1.71 bits per heavy atom. The van der Waals surface area contributed by atoms with Gasteiger partial charge in [-0.2, -0.15) is 0 Å². The van der Waals surface area contributed by atoms with Crippen molar-refractivity contribution in [1.29, 1.82) is 0 Å². The van der Waals surface area contributed by atoms with Gasteiger partial charge in [-0.25, -0.2) is 0 Å². The molecular formula is C32H58O5Si. The topological polar surface area (TPSA) is 68.2 Å². The van der Waals surface area contributed by atoms with Crippen LogP contribution in [0.3, 0.4) is 0 Å². The molecule has 1 aliphatic heterocycles. The summed E-state index contributed by atoms with van der Waals surface area (Å²) in [5, 5.41) is 21.7. The summed E-state index contributed by atoms with van der Waals surface area (Å²) in [6.07, 6.45) is 9.39. The monoisotopic (exact) mass is 550 g/mol. The summed E-state index contributed by atoms with van der Waals surface area (Å²) in [5.74, 6) is 2.65. The lowest BCUT2D eigenvalue weighted by atomic mass is 9.43. The van der Waals surface area contributed by atoms with Gasteiger partial charge < -0.3 is 24.1 Å². The van der Waals surface area contributed by atoms with Gasteiger partial charge in [-0.3, -0.25) is 0 Å². The first-order valence-electron chi connectivity index (χ1n) is 15.9. The van der Waals surface area contributed by atoms with Crippen molar-refractivity contribution in [1.82, 2.24) is 0 Å². The molecule has 0 amide bonds. The van der Waals surface area contributed by atoms with Crippen molar-refractivity contribution in [3.63, 3.8) is 0 Å². The Bertz CT molecular complexity index is 849. The van der Waals surface area contributed by atoms with Crippen LogP contribution in [0.25, 0.3) is 0 Å². The predicted molar refractivity (Wildman–Crippen MR) is 154 cm³/mol. The molecule has 10 atom stereocenters. The number of fused-ring (bicyclic) bond motifs is 5. The zero-order chi connectivity index (χ0) is 27.7. The molecule has 1 spiro atoms. The van der Waals surface area contributed by atoms with Crippen molar-refractivity contribution in [3.05, 3.63) is 0 Å². The Hall–Kier alpha value is 0.0169. The number of ether oxygens (including phenoxy) is 2. The maximum Gasteiger partial charge on any atom is 0.192 e. The Morgan fingerprint density at radius 3 is 2.34 bits per heavy atom. The first-order valence-corrected chi connectivity index (χ1v) is 18.8. The largest absolute Gasteiger partial charge is 0.414 e. The van der Waals surface area contributed by atoms with Crippen LogP contribution < -0.4 is 0 Å². The molecule has 4 saturated carbocycles. The third kappa shape index (κ3) is 4.60. The van der Waals surface area contributed by atoms with E-state index in [9.17, 15) is 10.2 Å². The van der Waals surface area contributed by atoms with Crippen molar-refractivity contribution in [2.24, 2.45) is 46.3 Å². The molecule has 4 aliphatic carbocycles. The minimum atomic E-state index is -1.98. The molecule has 220 valence electrons. The third-order valence-corrected chi connectivity index (χ3v) is 17.9. The minimum Gasteiger partial charge on any atom is -0.414 e. The van der Waals surface area contributed by atoms with E-state index in [0.717, 1.165) is 44.9 Å². The van der Waals surface area contributed by atoms with Crippen LogP contribution in [0.5, 0.6) is 0 Å². The fraction of sp³-hybridized carbons (Fsp3) is 1.00. The average Bonchev–Trinajstić information content (AvgIpc) is 3.43. The number of aliphatic hydroxyl groups excluding tert-OH is 2. The van der Waals surface area contributed by atoms with Crippen molar-refractivity contribution in [3.8, 4) is 0 Å². The molecule has 5 rings (SSSR count). The van der Waals surface area contributed by atoms with E-state index < -0.39 is 8.32 Å². The molecule has 2 N–H and O–H groups in total. The number of hydrogen-bond donors (Lipinski definition) is 2. The maximum absolute atomic E-state index is 12.0. The van der Waals surface area contributed by atoms with Crippen LogP contribution >= 0.6 is 0 Å². The number of aliphatic hydroxyl groups is 2. The number of rotatable bonds is 6. The smallest absolute Gasteiger partial charge is 0.192 e. The lowest BCUT2D eigenvalue weighted by Crippen LogP contribution is -2.65. The SMILES string of the molecule is CC(CCCO)C1CC[C@H]2C3C(C[C@H](O)[C@]12C)[C@@]1(C)CCC2(C[C@@H]1C[C@H]3O[Si](C)(C)C(C)(C)C)OCCO2. The molecule has 5 aliphatic rings. The Kier molecular flexibility index (Phi) is 7.83. The van der Waals surface area contributed by atoms with Crippen LogP contribution in [-0.4, -0.2) is 56.3 Å². The van der Waals surface area contributed by atoms with Gasteiger partial charge in [-0.15, -0.1) is 0 Å². The highest BCUT2D eigenvalue weighted by Gasteiger charge is 2.67. The Morgan fingerprint density at radius 1 is 1.03 bits per heavy atom. The molecule has 1 heterocycles. The van der Waals surface area contributed by atoms with Crippen molar-refractivity contribution >= 4 is 8.32 Å². The minimum absolute atomic E-state index is 0.0676. The summed E-state index contributed by atoms with van der Waals surface area (Å²) >= 11 is 0. The van der Waals surface area contributed by atoms with Gasteiger partial charge in [0.25, 0.3) is 0 Å². The summed E-state index contributed by atoms with van der Waals surface area (Å²) in [6, 6.07) is 0. The van der Waals surface area contributed by atoms with Gasteiger partial charge in [-0.1, -0.05) is 41.5 Å². The van der Waals surface area contributed by atoms with E-state index in [2.05, 4.69) is 54.6 Å². The van der Waals surface area contributed by atoms with E-state index in [-0.39, 0.29) is 40.5 Å². The van der Waals surface area contributed by atoms with E-state index >= 15 is 0 Å². The van der Waals surface area contributed by atoms with Gasteiger partial charge in [0.2, 0.25) is 0 Å². The van der Waals surface area contributed by atoms with Crippen LogP contribution in [0.4, 0.5) is 0 Å². The second-order valence-corrected chi connectivity index (χ2v) is 20.9. The highest BCUT2D eigenvalue weighted by atomic mass is 28.4. The van der Waals surface area contributed by atoms with Crippen molar-refractivity contribution in [2.45, 2.75) is 135 Å². The molecule has 0 aromatic carbocycles. The van der Waals surface area contributed by atoms with E-state index in [1.807, 2.05) is 0 Å². The molecule has 4 unspecified atom stereocenters. The molecular weight excluding hydrogens is 492 g/mol. The summed E-state index contributed by atoms with van der Waals surface area (Å²) in [6.45, 7) is 21.0. The van der Waals surface area contributed by atoms with Crippen LogP contribution in [0.2, 0.25) is 18.1 Å². The summed E-state index contributed by atoms with van der Waals surface area (Å²) in [4.78, 5) is 0. The molecule has 5 fully saturated rings. The molecule has 0 aromatic rings. The lowest BCUT2D eigenvalue weighted by molar-refractivity contribution is -0.251. The molecule has 0 aromatic heterocycles. The van der Waals surface area contributed by atoms with E-state index in [0.29, 0.717) is 48.7 Å². The number of hydrogen-bond acceptors (Lipinski definition) is 5. The standard InChI is InChI=1S/C32H58O5Si/c1-21(10-9-15-33)23-11-12-24-28-25(19-27(34)31(23,24)6)30(5)13-14-32(35-16-17-36-32)20-22(30)18-26(28)37-38(7,8)29(2,3)4/h21-28,33-34H,9-20H2,1-8H3/t21?,22-,23?,24-,25?,26+,27-,28?,30-,31+/m0/s1. The van der Waals surface area contributed by atoms with E-state index in [4.69, 9.17) is 13.9 Å². The zero-order valence-corrected chi connectivity index (χ0v) is 26.7. The molecule has 5 nitrogen and oxygen atoms in total. The quantitative estimate of drug-likeness (QED) is 0.357. The van der Waals surface area contributed by atoms with Gasteiger partial charge >= 0.3 is 0 Å². The maximum atomic E-state index is 12.0. The van der Waals surface area contributed by atoms with Gasteiger partial charge in [0.05, 0.1) is 19.3 Å². The third-order valence-electron chi connectivity index (χ3n) is 13.4. The Balaban J connectivity index is 1.51. The summed E-state index contributed by atoms with van der Waals surface area (Å²) in [5.41, 5.74) is 0.128. The summed E-state index contributed by atoms with van der Waals surface area (Å²) < 4.78 is 20.0. The summed E-state index contributed by atoms with van der Waals surface area (Å²) in [7, 11) is -1.98. The van der Waals surface area contributed by atoms with Crippen LogP contribution in [0.1, 0.15) is 99.3 Å². The molecule has 6 heteroatoms. The van der Waals surface area contributed by atoms with Gasteiger partial charge in [0.15, 0.2) is 14.1 Å². The molecule has 0 bridgehead atoms. The first kappa shape index (κ1) is 29.5. The molecule has 38 heavy (non-hydrogen) atoms. The molecule has 0 radical (unpaired) electrons. The van der Waals surface area contributed by atoms with Crippen LogP contribution in [-0.2, 0) is 13.9 Å². The second-order valence-electron chi connectivity index (χ2n) is 16.1. The predicted octanol–water partition coefficient (Wildman–Crippen LogP) is 6.77. The van der Waals surface area contributed by atoms with Gasteiger partial charge in [0, 0.05) is 25.6 Å². The highest BCUT2D eigenvalue weighted by Crippen LogP contribution is 2.70. The normalized spacial score (nSPS) is 45.5. The van der Waals surface area contributed by atoms with Crippen LogP contribution in [0.15, 0.2) is 0 Å². The first-order chi connectivity index (χ1) is 17.7. The van der Waals surface area contributed by atoms with Gasteiger partial charge in [-0.05, 0) is 109 Å². The van der Waals surface area contributed by atoms with Crippen LogP contribution in [0, 0.1) is 46.3 Å². The highest BCUT2D eigenvalue weighted by molar-refractivity contribution is 6.74.